The zero-order chi connectivity index (χ0) is 15.9. The van der Waals surface area contributed by atoms with Crippen molar-refractivity contribution in [3.63, 3.8) is 0 Å². The maximum absolute atomic E-state index is 12.2. The molecule has 4 N–H and O–H groups in total. The van der Waals surface area contributed by atoms with Crippen LogP contribution in [0.5, 0.6) is 5.75 Å². The molecule has 1 heterocycles. The molecule has 2 amide bonds. The molecule has 1 atom stereocenters. The molecule has 128 valence electrons. The number of amides is 2. The summed E-state index contributed by atoms with van der Waals surface area (Å²) in [6.07, 6.45) is 3.48. The molecular formula is C16H24ClN3O3. The highest BCUT2D eigenvalue weighted by Gasteiger charge is 2.25. The molecule has 0 saturated carbocycles. The average Bonchev–Trinajstić information content (AvgIpc) is 2.55. The van der Waals surface area contributed by atoms with E-state index in [4.69, 9.17) is 16.2 Å². The van der Waals surface area contributed by atoms with Crippen molar-refractivity contribution in [1.82, 2.24) is 4.90 Å². The van der Waals surface area contributed by atoms with Crippen LogP contribution in [-0.2, 0) is 4.79 Å². The summed E-state index contributed by atoms with van der Waals surface area (Å²) in [6.45, 7) is 1.61. The molecule has 0 aliphatic carbocycles. The lowest BCUT2D eigenvalue weighted by molar-refractivity contribution is -0.135. The molecule has 1 unspecified atom stereocenters. The van der Waals surface area contributed by atoms with Crippen LogP contribution in [0.1, 0.15) is 36.0 Å². The molecule has 1 aliphatic heterocycles. The predicted molar refractivity (Wildman–Crippen MR) is 90.7 cm³/mol. The first-order chi connectivity index (χ1) is 10.6. The summed E-state index contributed by atoms with van der Waals surface area (Å²) >= 11 is 0. The molecule has 1 aliphatic rings. The monoisotopic (exact) mass is 341 g/mol. The largest absolute Gasteiger partial charge is 0.493 e. The number of rotatable bonds is 6. The predicted octanol–water partition coefficient (Wildman–Crippen LogP) is 1.32. The van der Waals surface area contributed by atoms with E-state index in [9.17, 15) is 9.59 Å². The Balaban J connectivity index is 0.00000264. The van der Waals surface area contributed by atoms with Crippen molar-refractivity contribution < 1.29 is 14.3 Å². The fourth-order valence-corrected chi connectivity index (χ4v) is 2.69. The molecule has 7 heteroatoms. The number of nitrogens with two attached hydrogens (primary N) is 2. The Morgan fingerprint density at radius 2 is 1.91 bits per heavy atom. The average molecular weight is 342 g/mol. The quantitative estimate of drug-likeness (QED) is 0.815. The van der Waals surface area contributed by atoms with Crippen molar-refractivity contribution in [2.45, 2.75) is 31.7 Å². The van der Waals surface area contributed by atoms with Gasteiger partial charge in [0, 0.05) is 24.7 Å². The summed E-state index contributed by atoms with van der Waals surface area (Å²) in [5.74, 6) is 0.232. The van der Waals surface area contributed by atoms with Crippen molar-refractivity contribution in [3.05, 3.63) is 29.8 Å². The Bertz CT molecular complexity index is 522. The van der Waals surface area contributed by atoms with Gasteiger partial charge in [-0.25, -0.2) is 0 Å². The number of likely N-dealkylation sites (tertiary alicyclic amines) is 1. The highest BCUT2D eigenvalue weighted by molar-refractivity contribution is 5.92. The summed E-state index contributed by atoms with van der Waals surface area (Å²) in [5.41, 5.74) is 11.3. The topological polar surface area (TPSA) is 98.7 Å². The van der Waals surface area contributed by atoms with Crippen LogP contribution in [0.2, 0.25) is 0 Å². The number of halogens is 1. The standard InChI is InChI=1S/C16H23N3O3.ClH/c17-11-13-3-1-2-9-19(13)15(20)8-10-22-14-6-4-12(5-7-14)16(18)21;/h4-7,13H,1-3,8-11,17H2,(H2,18,21);1H. The highest BCUT2D eigenvalue weighted by Crippen LogP contribution is 2.17. The van der Waals surface area contributed by atoms with Crippen molar-refractivity contribution in [1.29, 1.82) is 0 Å². The molecule has 1 saturated heterocycles. The number of hydrogen-bond acceptors (Lipinski definition) is 4. The lowest BCUT2D eigenvalue weighted by Gasteiger charge is -2.35. The van der Waals surface area contributed by atoms with Gasteiger partial charge in [0.1, 0.15) is 5.75 Å². The van der Waals surface area contributed by atoms with Crippen LogP contribution >= 0.6 is 12.4 Å². The SMILES string of the molecule is Cl.NCC1CCCCN1C(=O)CCOc1ccc(C(N)=O)cc1. The summed E-state index contributed by atoms with van der Waals surface area (Å²) in [5, 5.41) is 0. The summed E-state index contributed by atoms with van der Waals surface area (Å²) in [4.78, 5) is 25.1. The van der Waals surface area contributed by atoms with E-state index in [-0.39, 0.29) is 24.4 Å². The van der Waals surface area contributed by atoms with E-state index in [1.807, 2.05) is 4.90 Å². The van der Waals surface area contributed by atoms with Gasteiger partial charge in [-0.1, -0.05) is 0 Å². The molecule has 0 aromatic heterocycles. The van der Waals surface area contributed by atoms with E-state index >= 15 is 0 Å². The van der Waals surface area contributed by atoms with Crippen LogP contribution in [0.15, 0.2) is 24.3 Å². The molecular weight excluding hydrogens is 318 g/mol. The van der Waals surface area contributed by atoms with Gasteiger partial charge in [0.2, 0.25) is 11.8 Å². The highest BCUT2D eigenvalue weighted by atomic mass is 35.5. The molecule has 0 bridgehead atoms. The Kier molecular flexibility index (Phi) is 7.85. The van der Waals surface area contributed by atoms with E-state index in [1.54, 1.807) is 24.3 Å². The van der Waals surface area contributed by atoms with E-state index in [0.29, 0.717) is 30.9 Å². The van der Waals surface area contributed by atoms with Gasteiger partial charge in [0.25, 0.3) is 0 Å². The van der Waals surface area contributed by atoms with Crippen molar-refractivity contribution >= 4 is 24.2 Å². The maximum atomic E-state index is 12.2. The lowest BCUT2D eigenvalue weighted by atomic mass is 10.0. The molecule has 1 aromatic carbocycles. The molecule has 6 nitrogen and oxygen atoms in total. The van der Waals surface area contributed by atoms with Gasteiger partial charge in [-0.15, -0.1) is 12.4 Å². The van der Waals surface area contributed by atoms with E-state index in [1.165, 1.54) is 0 Å². The van der Waals surface area contributed by atoms with E-state index in [2.05, 4.69) is 0 Å². The van der Waals surface area contributed by atoms with Crippen LogP contribution in [0.25, 0.3) is 0 Å². The number of carbonyl (C=O) groups is 2. The smallest absolute Gasteiger partial charge is 0.248 e. The Morgan fingerprint density at radius 1 is 1.22 bits per heavy atom. The fourth-order valence-electron chi connectivity index (χ4n) is 2.69. The first kappa shape index (κ1) is 19.3. The zero-order valence-electron chi connectivity index (χ0n) is 13.1. The molecule has 1 aromatic rings. The zero-order valence-corrected chi connectivity index (χ0v) is 13.9. The first-order valence-corrected chi connectivity index (χ1v) is 7.64. The molecule has 23 heavy (non-hydrogen) atoms. The Morgan fingerprint density at radius 3 is 2.52 bits per heavy atom. The van der Waals surface area contributed by atoms with Gasteiger partial charge < -0.3 is 21.1 Å². The minimum absolute atomic E-state index is 0. The molecule has 0 spiro atoms. The summed E-state index contributed by atoms with van der Waals surface area (Å²) in [6, 6.07) is 6.72. The van der Waals surface area contributed by atoms with Crippen LogP contribution in [-0.4, -0.2) is 42.5 Å². The third kappa shape index (κ3) is 5.41. The first-order valence-electron chi connectivity index (χ1n) is 7.64. The van der Waals surface area contributed by atoms with Gasteiger partial charge in [-0.2, -0.15) is 0 Å². The second-order valence-corrected chi connectivity index (χ2v) is 5.46. The lowest BCUT2D eigenvalue weighted by Crippen LogP contribution is -2.47. The minimum atomic E-state index is -0.473. The maximum Gasteiger partial charge on any atom is 0.248 e. The van der Waals surface area contributed by atoms with Gasteiger partial charge in [-0.3, -0.25) is 9.59 Å². The van der Waals surface area contributed by atoms with E-state index < -0.39 is 5.91 Å². The molecule has 0 radical (unpaired) electrons. The van der Waals surface area contributed by atoms with Crippen LogP contribution in [0.3, 0.4) is 0 Å². The van der Waals surface area contributed by atoms with Crippen molar-refractivity contribution in [3.8, 4) is 5.75 Å². The van der Waals surface area contributed by atoms with Gasteiger partial charge >= 0.3 is 0 Å². The van der Waals surface area contributed by atoms with Gasteiger partial charge in [0.15, 0.2) is 0 Å². The van der Waals surface area contributed by atoms with Gasteiger partial charge in [-0.05, 0) is 43.5 Å². The fraction of sp³-hybridized carbons (Fsp3) is 0.500. The van der Waals surface area contributed by atoms with E-state index in [0.717, 1.165) is 25.8 Å². The van der Waals surface area contributed by atoms with Crippen LogP contribution < -0.4 is 16.2 Å². The molecule has 1 fully saturated rings. The number of hydrogen-bond donors (Lipinski definition) is 2. The second-order valence-electron chi connectivity index (χ2n) is 5.46. The second kappa shape index (κ2) is 9.37. The number of carbonyl (C=O) groups excluding carboxylic acids is 2. The molecule has 2 rings (SSSR count). The van der Waals surface area contributed by atoms with Crippen LogP contribution in [0.4, 0.5) is 0 Å². The van der Waals surface area contributed by atoms with Gasteiger partial charge in [0.05, 0.1) is 13.0 Å². The summed E-state index contributed by atoms with van der Waals surface area (Å²) in [7, 11) is 0. The number of benzene rings is 1. The minimum Gasteiger partial charge on any atom is -0.493 e. The third-order valence-electron chi connectivity index (χ3n) is 3.94. The van der Waals surface area contributed by atoms with Crippen molar-refractivity contribution in [2.75, 3.05) is 19.7 Å². The summed E-state index contributed by atoms with van der Waals surface area (Å²) < 4.78 is 5.54. The third-order valence-corrected chi connectivity index (χ3v) is 3.94. The Labute approximate surface area is 142 Å². The van der Waals surface area contributed by atoms with Crippen molar-refractivity contribution in [2.24, 2.45) is 11.5 Å². The number of nitrogens with zero attached hydrogens (tertiary/aromatic N) is 1. The number of piperidine rings is 1. The Hall–Kier alpha value is -1.79. The number of ether oxygens (including phenoxy) is 1. The van der Waals surface area contributed by atoms with Crippen LogP contribution in [0, 0.1) is 0 Å². The number of primary amides is 1. The normalized spacial score (nSPS) is 17.3.